The second-order valence-corrected chi connectivity index (χ2v) is 4.24. The third-order valence-electron chi connectivity index (χ3n) is 2.79. The normalized spacial score (nSPS) is 10.4. The molecule has 0 aliphatic carbocycles. The van der Waals surface area contributed by atoms with Gasteiger partial charge in [0.25, 0.3) is 0 Å². The number of rotatable bonds is 4. The van der Waals surface area contributed by atoms with Crippen molar-refractivity contribution in [2.45, 2.75) is 6.42 Å². The zero-order valence-electron chi connectivity index (χ0n) is 10.6. The number of aromatic nitrogens is 3. The maximum absolute atomic E-state index is 12.0. The molecule has 3 aromatic rings. The maximum atomic E-state index is 12.0. The molecule has 0 unspecified atom stereocenters. The Bertz CT molecular complexity index is 689. The molecule has 0 fully saturated rings. The molecule has 0 atom stereocenters. The van der Waals surface area contributed by atoms with Gasteiger partial charge in [-0.15, -0.1) is 0 Å². The molecule has 0 saturated carbocycles. The molecule has 0 radical (unpaired) electrons. The van der Waals surface area contributed by atoms with E-state index in [1.807, 2.05) is 42.5 Å². The second kappa shape index (κ2) is 5.40. The molecule has 0 aliphatic heterocycles. The molecule has 0 aliphatic rings. The molecule has 2 heterocycles. The molecule has 20 heavy (non-hydrogen) atoms. The molecule has 1 N–H and O–H groups in total. The first-order valence-electron chi connectivity index (χ1n) is 6.12. The lowest BCUT2D eigenvalue weighted by atomic mass is 10.1. The number of nitrogens with one attached hydrogen (secondary N) is 1. The monoisotopic (exact) mass is 268 g/mol. The van der Waals surface area contributed by atoms with Crippen molar-refractivity contribution >= 4 is 11.7 Å². The number of carbonyl (C=O) groups is 1. The summed E-state index contributed by atoms with van der Waals surface area (Å²) in [4.78, 5) is 12.0. The molecule has 6 heteroatoms. The first kappa shape index (κ1) is 12.2. The Balaban J connectivity index is 1.73. The first-order chi connectivity index (χ1) is 9.83. The fourth-order valence-electron chi connectivity index (χ4n) is 1.87. The van der Waals surface area contributed by atoms with E-state index in [9.17, 15) is 4.79 Å². The van der Waals surface area contributed by atoms with Gasteiger partial charge in [-0.05, 0) is 28.0 Å². The Morgan fingerprint density at radius 1 is 1.10 bits per heavy atom. The molecule has 6 nitrogen and oxygen atoms in total. The SMILES string of the molecule is O=C(Cc1ccccc1)Nc1nonc1-n1cccc1. The van der Waals surface area contributed by atoms with Gasteiger partial charge in [-0.3, -0.25) is 4.79 Å². The van der Waals surface area contributed by atoms with Crippen molar-refractivity contribution in [3.8, 4) is 5.82 Å². The highest BCUT2D eigenvalue weighted by atomic mass is 16.6. The molecule has 3 rings (SSSR count). The van der Waals surface area contributed by atoms with E-state index in [4.69, 9.17) is 0 Å². The number of hydrogen-bond acceptors (Lipinski definition) is 4. The van der Waals surface area contributed by atoms with Gasteiger partial charge in [0.05, 0.1) is 6.42 Å². The summed E-state index contributed by atoms with van der Waals surface area (Å²) in [6.07, 6.45) is 3.87. The van der Waals surface area contributed by atoms with E-state index in [0.29, 0.717) is 11.6 Å². The van der Waals surface area contributed by atoms with Crippen LogP contribution in [0.4, 0.5) is 5.82 Å². The molecular formula is C14H12N4O2. The van der Waals surface area contributed by atoms with Crippen molar-refractivity contribution in [3.63, 3.8) is 0 Å². The van der Waals surface area contributed by atoms with Crippen molar-refractivity contribution in [3.05, 3.63) is 60.4 Å². The highest BCUT2D eigenvalue weighted by Crippen LogP contribution is 2.15. The van der Waals surface area contributed by atoms with Crippen LogP contribution in [-0.4, -0.2) is 20.8 Å². The van der Waals surface area contributed by atoms with Crippen molar-refractivity contribution in [2.24, 2.45) is 0 Å². The molecule has 1 aromatic carbocycles. The number of nitrogens with zero attached hydrogens (tertiary/aromatic N) is 3. The van der Waals surface area contributed by atoms with Crippen LogP contribution in [0.3, 0.4) is 0 Å². The van der Waals surface area contributed by atoms with Gasteiger partial charge in [-0.2, -0.15) is 0 Å². The summed E-state index contributed by atoms with van der Waals surface area (Å²) in [7, 11) is 0. The zero-order valence-corrected chi connectivity index (χ0v) is 10.6. The van der Waals surface area contributed by atoms with E-state index in [2.05, 4.69) is 20.3 Å². The van der Waals surface area contributed by atoms with Gasteiger partial charge in [0.15, 0.2) is 0 Å². The minimum absolute atomic E-state index is 0.166. The van der Waals surface area contributed by atoms with E-state index in [1.165, 1.54) is 0 Å². The summed E-state index contributed by atoms with van der Waals surface area (Å²) in [5.74, 6) is 0.596. The summed E-state index contributed by atoms with van der Waals surface area (Å²) in [6, 6.07) is 13.2. The molecule has 100 valence electrons. The second-order valence-electron chi connectivity index (χ2n) is 4.24. The Morgan fingerprint density at radius 3 is 2.60 bits per heavy atom. The van der Waals surface area contributed by atoms with Crippen LogP contribution in [0, 0.1) is 0 Å². The molecule has 1 amide bonds. The highest BCUT2D eigenvalue weighted by Gasteiger charge is 2.14. The minimum atomic E-state index is -0.166. The Hall–Kier alpha value is -2.89. The van der Waals surface area contributed by atoms with Crippen LogP contribution < -0.4 is 5.32 Å². The third-order valence-corrected chi connectivity index (χ3v) is 2.79. The van der Waals surface area contributed by atoms with E-state index < -0.39 is 0 Å². The molecule has 0 saturated heterocycles. The van der Waals surface area contributed by atoms with Crippen LogP contribution >= 0.6 is 0 Å². The molecule has 2 aromatic heterocycles. The van der Waals surface area contributed by atoms with Crippen LogP contribution in [0.2, 0.25) is 0 Å². The third kappa shape index (κ3) is 2.59. The average molecular weight is 268 g/mol. The Labute approximate surface area is 115 Å². The summed E-state index contributed by atoms with van der Waals surface area (Å²) in [5, 5.41) is 10.2. The molecule has 0 bridgehead atoms. The molecular weight excluding hydrogens is 256 g/mol. The lowest BCUT2D eigenvalue weighted by Gasteiger charge is -2.03. The Morgan fingerprint density at radius 2 is 1.85 bits per heavy atom. The number of anilines is 1. The minimum Gasteiger partial charge on any atom is -0.304 e. The topological polar surface area (TPSA) is 73.0 Å². The number of hydrogen-bond donors (Lipinski definition) is 1. The fraction of sp³-hybridized carbons (Fsp3) is 0.0714. The quantitative estimate of drug-likeness (QED) is 0.785. The highest BCUT2D eigenvalue weighted by molar-refractivity contribution is 5.92. The standard InChI is InChI=1S/C14H12N4O2/c19-12(10-11-6-2-1-3-7-11)15-13-14(17-20-16-13)18-8-4-5-9-18/h1-9H,10H2,(H,15,16,19). The summed E-state index contributed by atoms with van der Waals surface area (Å²) >= 11 is 0. The van der Waals surface area contributed by atoms with E-state index in [1.54, 1.807) is 17.0 Å². The van der Waals surface area contributed by atoms with Gasteiger partial charge >= 0.3 is 0 Å². The van der Waals surface area contributed by atoms with E-state index >= 15 is 0 Å². The van der Waals surface area contributed by atoms with Crippen LogP contribution in [0.1, 0.15) is 5.56 Å². The number of amides is 1. The average Bonchev–Trinajstić information content (AvgIpc) is 3.10. The summed E-state index contributed by atoms with van der Waals surface area (Å²) in [6.45, 7) is 0. The smallest absolute Gasteiger partial charge is 0.230 e. The van der Waals surface area contributed by atoms with Gasteiger partial charge in [0.1, 0.15) is 0 Å². The number of benzene rings is 1. The van der Waals surface area contributed by atoms with Crippen LogP contribution in [-0.2, 0) is 11.2 Å². The maximum Gasteiger partial charge on any atom is 0.230 e. The van der Waals surface area contributed by atoms with Gasteiger partial charge in [-0.25, -0.2) is 4.63 Å². The van der Waals surface area contributed by atoms with Crippen molar-refractivity contribution in [1.82, 2.24) is 14.9 Å². The lowest BCUT2D eigenvalue weighted by molar-refractivity contribution is -0.115. The number of carbonyl (C=O) groups excluding carboxylic acids is 1. The van der Waals surface area contributed by atoms with E-state index in [-0.39, 0.29) is 12.3 Å². The van der Waals surface area contributed by atoms with Crippen molar-refractivity contribution < 1.29 is 9.42 Å². The van der Waals surface area contributed by atoms with E-state index in [0.717, 1.165) is 5.56 Å². The van der Waals surface area contributed by atoms with Gasteiger partial charge in [-0.1, -0.05) is 30.3 Å². The van der Waals surface area contributed by atoms with Gasteiger partial charge in [0.2, 0.25) is 17.5 Å². The Kier molecular flexibility index (Phi) is 3.28. The van der Waals surface area contributed by atoms with Crippen molar-refractivity contribution in [2.75, 3.05) is 5.32 Å². The predicted octanol–water partition coefficient (Wildman–Crippen LogP) is 2.04. The van der Waals surface area contributed by atoms with Crippen LogP contribution in [0.5, 0.6) is 0 Å². The summed E-state index contributed by atoms with van der Waals surface area (Å²) < 4.78 is 6.40. The predicted molar refractivity (Wildman–Crippen MR) is 72.4 cm³/mol. The largest absolute Gasteiger partial charge is 0.304 e. The van der Waals surface area contributed by atoms with Crippen LogP contribution in [0.15, 0.2) is 59.5 Å². The van der Waals surface area contributed by atoms with Crippen molar-refractivity contribution in [1.29, 1.82) is 0 Å². The lowest BCUT2D eigenvalue weighted by Crippen LogP contribution is -2.15. The fourth-order valence-corrected chi connectivity index (χ4v) is 1.87. The first-order valence-corrected chi connectivity index (χ1v) is 6.12. The zero-order chi connectivity index (χ0) is 13.8. The molecule has 0 spiro atoms. The van der Waals surface area contributed by atoms with Crippen LogP contribution in [0.25, 0.3) is 5.82 Å². The summed E-state index contributed by atoms with van der Waals surface area (Å²) in [5.41, 5.74) is 0.934. The van der Waals surface area contributed by atoms with Gasteiger partial charge in [0, 0.05) is 12.4 Å². The van der Waals surface area contributed by atoms with Gasteiger partial charge < -0.3 is 9.88 Å².